The smallest absolute Gasteiger partial charge is 0.260 e. The first-order chi connectivity index (χ1) is 15.4. The highest BCUT2D eigenvalue weighted by molar-refractivity contribution is 5.94. The predicted molar refractivity (Wildman–Crippen MR) is 123 cm³/mol. The molecule has 1 fully saturated rings. The van der Waals surface area contributed by atoms with E-state index in [0.717, 1.165) is 18.4 Å². The van der Waals surface area contributed by atoms with Crippen LogP contribution in [-0.4, -0.2) is 57.2 Å². The van der Waals surface area contributed by atoms with Gasteiger partial charge in [-0.05, 0) is 74.1 Å². The van der Waals surface area contributed by atoms with Gasteiger partial charge >= 0.3 is 0 Å². The van der Waals surface area contributed by atoms with Crippen LogP contribution in [0.15, 0.2) is 36.4 Å². The van der Waals surface area contributed by atoms with Gasteiger partial charge in [-0.3, -0.25) is 9.59 Å². The van der Waals surface area contributed by atoms with Crippen LogP contribution in [-0.2, 0) is 4.79 Å². The molecule has 0 aromatic heterocycles. The molecule has 7 nitrogen and oxygen atoms in total. The highest BCUT2D eigenvalue weighted by atomic mass is 16.5. The summed E-state index contributed by atoms with van der Waals surface area (Å²) in [6, 6.07) is 11.0. The van der Waals surface area contributed by atoms with Gasteiger partial charge in [0.2, 0.25) is 0 Å². The SMILES string of the molecule is COc1ccc(C(=O)NCC2CCN(C(=O)COc3ccc(C)c(C)c3)CC2)cc1OC. The van der Waals surface area contributed by atoms with E-state index in [9.17, 15) is 9.59 Å². The number of amides is 2. The van der Waals surface area contributed by atoms with Crippen molar-refractivity contribution in [2.75, 3.05) is 40.5 Å². The predicted octanol–water partition coefficient (Wildman–Crippen LogP) is 3.37. The number of methoxy groups -OCH3 is 2. The van der Waals surface area contributed by atoms with Crippen LogP contribution >= 0.6 is 0 Å². The summed E-state index contributed by atoms with van der Waals surface area (Å²) in [7, 11) is 3.10. The fourth-order valence-electron chi connectivity index (χ4n) is 3.74. The summed E-state index contributed by atoms with van der Waals surface area (Å²) in [5.41, 5.74) is 2.87. The fourth-order valence-corrected chi connectivity index (χ4v) is 3.74. The standard InChI is InChI=1S/C25H32N2O5/c1-17-5-7-21(13-18(17)2)32-16-24(28)27-11-9-19(10-12-27)15-26-25(29)20-6-8-22(30-3)23(14-20)31-4/h5-8,13-14,19H,9-12,15-16H2,1-4H3,(H,26,29). The lowest BCUT2D eigenvalue weighted by molar-refractivity contribution is -0.134. The van der Waals surface area contributed by atoms with Gasteiger partial charge in [0.05, 0.1) is 14.2 Å². The van der Waals surface area contributed by atoms with Crippen molar-refractivity contribution < 1.29 is 23.8 Å². The summed E-state index contributed by atoms with van der Waals surface area (Å²) < 4.78 is 16.2. The maximum Gasteiger partial charge on any atom is 0.260 e. The molecule has 2 aromatic rings. The molecule has 1 heterocycles. The molecule has 7 heteroatoms. The molecule has 0 saturated carbocycles. The third-order valence-electron chi connectivity index (χ3n) is 6.00. The summed E-state index contributed by atoms with van der Waals surface area (Å²) in [4.78, 5) is 26.8. The van der Waals surface area contributed by atoms with Crippen molar-refractivity contribution in [2.24, 2.45) is 5.92 Å². The van der Waals surface area contributed by atoms with Crippen LogP contribution in [0, 0.1) is 19.8 Å². The maximum absolute atomic E-state index is 12.5. The molecule has 2 aromatic carbocycles. The van der Waals surface area contributed by atoms with Gasteiger partial charge in [-0.2, -0.15) is 0 Å². The van der Waals surface area contributed by atoms with Crippen LogP contribution in [0.3, 0.4) is 0 Å². The molecule has 1 N–H and O–H groups in total. The third kappa shape index (κ3) is 5.93. The Morgan fingerprint density at radius 2 is 1.69 bits per heavy atom. The Morgan fingerprint density at radius 3 is 2.34 bits per heavy atom. The number of nitrogens with one attached hydrogen (secondary N) is 1. The maximum atomic E-state index is 12.5. The highest BCUT2D eigenvalue weighted by Crippen LogP contribution is 2.27. The number of carbonyl (C=O) groups is 2. The number of piperidine rings is 1. The van der Waals surface area contributed by atoms with Gasteiger partial charge in [-0.1, -0.05) is 6.07 Å². The normalized spacial score (nSPS) is 14.1. The van der Waals surface area contributed by atoms with Crippen LogP contribution in [0.25, 0.3) is 0 Å². The molecule has 0 bridgehead atoms. The Labute approximate surface area is 189 Å². The second-order valence-electron chi connectivity index (χ2n) is 8.14. The van der Waals surface area contributed by atoms with Gasteiger partial charge in [0, 0.05) is 25.2 Å². The van der Waals surface area contributed by atoms with Gasteiger partial charge < -0.3 is 24.4 Å². The number of hydrogen-bond donors (Lipinski definition) is 1. The molecule has 2 amide bonds. The lowest BCUT2D eigenvalue weighted by atomic mass is 9.96. The Morgan fingerprint density at radius 1 is 0.969 bits per heavy atom. The van der Waals surface area contributed by atoms with E-state index in [0.29, 0.717) is 48.4 Å². The van der Waals surface area contributed by atoms with E-state index in [1.54, 1.807) is 32.4 Å². The molecule has 0 aliphatic carbocycles. The van der Waals surface area contributed by atoms with Crippen molar-refractivity contribution in [3.05, 3.63) is 53.1 Å². The van der Waals surface area contributed by atoms with Crippen molar-refractivity contribution in [3.63, 3.8) is 0 Å². The fraction of sp³-hybridized carbons (Fsp3) is 0.440. The number of likely N-dealkylation sites (tertiary alicyclic amines) is 1. The number of hydrogen-bond acceptors (Lipinski definition) is 5. The number of benzene rings is 2. The van der Waals surface area contributed by atoms with E-state index in [-0.39, 0.29) is 18.4 Å². The lowest BCUT2D eigenvalue weighted by Crippen LogP contribution is -2.43. The molecule has 1 aliphatic heterocycles. The molecule has 0 atom stereocenters. The summed E-state index contributed by atoms with van der Waals surface area (Å²) in [5.74, 6) is 2.01. The van der Waals surface area contributed by atoms with Crippen molar-refractivity contribution in [1.82, 2.24) is 10.2 Å². The average molecular weight is 441 g/mol. The number of nitrogens with zero attached hydrogens (tertiary/aromatic N) is 1. The lowest BCUT2D eigenvalue weighted by Gasteiger charge is -2.32. The zero-order valence-corrected chi connectivity index (χ0v) is 19.3. The molecule has 0 unspecified atom stereocenters. The van der Waals surface area contributed by atoms with E-state index in [1.807, 2.05) is 36.9 Å². The topological polar surface area (TPSA) is 77.1 Å². The number of rotatable bonds is 8. The van der Waals surface area contributed by atoms with E-state index in [4.69, 9.17) is 14.2 Å². The molecule has 32 heavy (non-hydrogen) atoms. The highest BCUT2D eigenvalue weighted by Gasteiger charge is 2.23. The summed E-state index contributed by atoms with van der Waals surface area (Å²) in [6.07, 6.45) is 1.70. The number of aryl methyl sites for hydroxylation is 2. The number of ether oxygens (including phenoxy) is 3. The molecule has 0 radical (unpaired) electrons. The van der Waals surface area contributed by atoms with Crippen molar-refractivity contribution in [2.45, 2.75) is 26.7 Å². The van der Waals surface area contributed by atoms with Crippen molar-refractivity contribution >= 4 is 11.8 Å². The summed E-state index contributed by atoms with van der Waals surface area (Å²) in [6.45, 7) is 6.04. The molecule has 172 valence electrons. The molecular weight excluding hydrogens is 408 g/mol. The quantitative estimate of drug-likeness (QED) is 0.681. The Bertz CT molecular complexity index is 951. The van der Waals surface area contributed by atoms with Crippen LogP contribution < -0.4 is 19.5 Å². The Hall–Kier alpha value is -3.22. The second-order valence-corrected chi connectivity index (χ2v) is 8.14. The minimum absolute atomic E-state index is 0.00367. The number of carbonyl (C=O) groups excluding carboxylic acids is 2. The van der Waals surface area contributed by atoms with E-state index in [1.165, 1.54) is 5.56 Å². The summed E-state index contributed by atoms with van der Waals surface area (Å²) in [5, 5.41) is 2.99. The molecular formula is C25H32N2O5. The van der Waals surface area contributed by atoms with Gasteiger partial charge in [0.1, 0.15) is 5.75 Å². The van der Waals surface area contributed by atoms with Crippen LogP contribution in [0.4, 0.5) is 0 Å². The molecule has 0 spiro atoms. The van der Waals surface area contributed by atoms with Gasteiger partial charge in [0.25, 0.3) is 11.8 Å². The zero-order valence-electron chi connectivity index (χ0n) is 19.3. The Balaban J connectivity index is 1.42. The molecule has 1 aliphatic rings. The van der Waals surface area contributed by atoms with E-state index in [2.05, 4.69) is 5.32 Å². The minimum Gasteiger partial charge on any atom is -0.493 e. The van der Waals surface area contributed by atoms with Gasteiger partial charge in [0.15, 0.2) is 18.1 Å². The van der Waals surface area contributed by atoms with Crippen LogP contribution in [0.5, 0.6) is 17.2 Å². The molecule has 1 saturated heterocycles. The first kappa shape index (κ1) is 23.4. The zero-order chi connectivity index (χ0) is 23.1. The second kappa shape index (κ2) is 10.9. The van der Waals surface area contributed by atoms with E-state index < -0.39 is 0 Å². The van der Waals surface area contributed by atoms with Crippen molar-refractivity contribution in [1.29, 1.82) is 0 Å². The monoisotopic (exact) mass is 440 g/mol. The minimum atomic E-state index is -0.147. The first-order valence-electron chi connectivity index (χ1n) is 10.9. The first-order valence-corrected chi connectivity index (χ1v) is 10.9. The Kier molecular flexibility index (Phi) is 7.98. The van der Waals surface area contributed by atoms with Gasteiger partial charge in [-0.25, -0.2) is 0 Å². The average Bonchev–Trinajstić information content (AvgIpc) is 2.82. The third-order valence-corrected chi connectivity index (χ3v) is 6.00. The van der Waals surface area contributed by atoms with E-state index >= 15 is 0 Å². The van der Waals surface area contributed by atoms with Gasteiger partial charge in [-0.15, -0.1) is 0 Å². The van der Waals surface area contributed by atoms with Crippen LogP contribution in [0.2, 0.25) is 0 Å². The van der Waals surface area contributed by atoms with Crippen molar-refractivity contribution in [3.8, 4) is 17.2 Å². The summed E-state index contributed by atoms with van der Waals surface area (Å²) >= 11 is 0. The van der Waals surface area contributed by atoms with Crippen LogP contribution in [0.1, 0.15) is 34.3 Å². The largest absolute Gasteiger partial charge is 0.493 e. The molecule has 3 rings (SSSR count).